The van der Waals surface area contributed by atoms with Crippen LogP contribution in [0.3, 0.4) is 0 Å². The fraction of sp³-hybridized carbons (Fsp3) is 1.00. The average Bonchev–Trinajstić information content (AvgIpc) is 2.10. The van der Waals surface area contributed by atoms with E-state index < -0.39 is 0 Å². The van der Waals surface area contributed by atoms with Crippen molar-refractivity contribution >= 4 is 0 Å². The Bertz CT molecular complexity index is 170. The number of rotatable bonds is 4. The molecule has 0 aromatic carbocycles. The largest absolute Gasteiger partial charge is 0.379 e. The van der Waals surface area contributed by atoms with Crippen LogP contribution in [0.4, 0.5) is 0 Å². The third-order valence-electron chi connectivity index (χ3n) is 3.53. The first-order valence-corrected chi connectivity index (χ1v) is 5.95. The monoisotopic (exact) mass is 199 g/mol. The molecule has 0 heterocycles. The number of hydrogen-bond acceptors (Lipinski definition) is 2. The summed E-state index contributed by atoms with van der Waals surface area (Å²) in [6.45, 7) is 7.26. The molecule has 2 unspecified atom stereocenters. The van der Waals surface area contributed by atoms with E-state index in [0.29, 0.717) is 12.0 Å². The summed E-state index contributed by atoms with van der Waals surface area (Å²) in [5.41, 5.74) is 6.46. The number of nitrogens with two attached hydrogens (primary N) is 1. The standard InChI is InChI=1S/C12H25NO/c1-10(2)14-9-8-12(13)7-5-4-6-11(12)3/h10-11H,4-9,13H2,1-3H3. The molecule has 2 N–H and O–H groups in total. The zero-order chi connectivity index (χ0) is 10.6. The van der Waals surface area contributed by atoms with Crippen molar-refractivity contribution in [3.63, 3.8) is 0 Å². The molecule has 2 heteroatoms. The Morgan fingerprint density at radius 2 is 2.14 bits per heavy atom. The lowest BCUT2D eigenvalue weighted by atomic mass is 9.73. The van der Waals surface area contributed by atoms with Gasteiger partial charge in [-0.05, 0) is 39.0 Å². The molecule has 0 radical (unpaired) electrons. The van der Waals surface area contributed by atoms with E-state index in [-0.39, 0.29) is 5.54 Å². The van der Waals surface area contributed by atoms with Gasteiger partial charge in [0.15, 0.2) is 0 Å². The van der Waals surface area contributed by atoms with E-state index in [9.17, 15) is 0 Å². The second-order valence-electron chi connectivity index (χ2n) is 5.05. The van der Waals surface area contributed by atoms with Crippen molar-refractivity contribution in [1.29, 1.82) is 0 Å². The van der Waals surface area contributed by atoms with Gasteiger partial charge >= 0.3 is 0 Å². The topological polar surface area (TPSA) is 35.2 Å². The van der Waals surface area contributed by atoms with E-state index >= 15 is 0 Å². The molecular formula is C12H25NO. The van der Waals surface area contributed by atoms with Crippen molar-refractivity contribution in [3.05, 3.63) is 0 Å². The van der Waals surface area contributed by atoms with E-state index in [1.807, 2.05) is 0 Å². The van der Waals surface area contributed by atoms with Crippen molar-refractivity contribution in [2.24, 2.45) is 11.7 Å². The van der Waals surface area contributed by atoms with E-state index in [1.54, 1.807) is 0 Å². The van der Waals surface area contributed by atoms with Gasteiger partial charge in [-0.3, -0.25) is 0 Å². The summed E-state index contributed by atoms with van der Waals surface area (Å²) < 4.78 is 5.58. The van der Waals surface area contributed by atoms with Crippen LogP contribution >= 0.6 is 0 Å². The highest BCUT2D eigenvalue weighted by Gasteiger charge is 2.33. The summed E-state index contributed by atoms with van der Waals surface area (Å²) in [5, 5.41) is 0. The zero-order valence-corrected chi connectivity index (χ0v) is 9.88. The Balaban J connectivity index is 2.32. The van der Waals surface area contributed by atoms with Crippen LogP contribution in [0.15, 0.2) is 0 Å². The molecule has 1 fully saturated rings. The minimum absolute atomic E-state index is 0.0488. The predicted octanol–water partition coefficient (Wildman–Crippen LogP) is 2.71. The molecule has 1 saturated carbocycles. The van der Waals surface area contributed by atoms with Crippen LogP contribution in [-0.4, -0.2) is 18.2 Å². The molecule has 14 heavy (non-hydrogen) atoms. The summed E-state index contributed by atoms with van der Waals surface area (Å²) in [5.74, 6) is 0.659. The van der Waals surface area contributed by atoms with Crippen LogP contribution in [-0.2, 0) is 4.74 Å². The van der Waals surface area contributed by atoms with Crippen LogP contribution < -0.4 is 5.73 Å². The predicted molar refractivity (Wildman–Crippen MR) is 60.3 cm³/mol. The van der Waals surface area contributed by atoms with Gasteiger partial charge in [-0.25, -0.2) is 0 Å². The molecule has 0 amide bonds. The third kappa shape index (κ3) is 3.25. The molecule has 0 saturated heterocycles. The first kappa shape index (κ1) is 12.0. The Labute approximate surface area is 88.2 Å². The second kappa shape index (κ2) is 5.13. The van der Waals surface area contributed by atoms with Crippen molar-refractivity contribution in [2.45, 2.75) is 64.5 Å². The highest BCUT2D eigenvalue weighted by Crippen LogP contribution is 2.33. The van der Waals surface area contributed by atoms with Crippen LogP contribution in [0.25, 0.3) is 0 Å². The molecule has 0 aromatic heterocycles. The summed E-state index contributed by atoms with van der Waals surface area (Å²) in [6, 6.07) is 0. The molecule has 0 aliphatic heterocycles. The fourth-order valence-corrected chi connectivity index (χ4v) is 2.29. The number of ether oxygens (including phenoxy) is 1. The van der Waals surface area contributed by atoms with Crippen molar-refractivity contribution in [1.82, 2.24) is 0 Å². The molecule has 2 nitrogen and oxygen atoms in total. The van der Waals surface area contributed by atoms with Gasteiger partial charge in [0.1, 0.15) is 0 Å². The molecule has 1 rings (SSSR count). The zero-order valence-electron chi connectivity index (χ0n) is 9.88. The molecule has 0 aromatic rings. The minimum Gasteiger partial charge on any atom is -0.379 e. The van der Waals surface area contributed by atoms with Crippen LogP contribution in [0.2, 0.25) is 0 Å². The highest BCUT2D eigenvalue weighted by molar-refractivity contribution is 4.92. The molecule has 2 atom stereocenters. The molecule has 0 spiro atoms. The maximum absolute atomic E-state index is 6.41. The maximum atomic E-state index is 6.41. The van der Waals surface area contributed by atoms with E-state index in [4.69, 9.17) is 10.5 Å². The van der Waals surface area contributed by atoms with Crippen molar-refractivity contribution in [3.8, 4) is 0 Å². The molecule has 1 aliphatic carbocycles. The molecule has 0 bridgehead atoms. The van der Waals surface area contributed by atoms with Gasteiger partial charge in [-0.1, -0.05) is 19.8 Å². The van der Waals surface area contributed by atoms with Gasteiger partial charge in [-0.2, -0.15) is 0 Å². The van der Waals surface area contributed by atoms with Gasteiger partial charge in [0.25, 0.3) is 0 Å². The van der Waals surface area contributed by atoms with Gasteiger partial charge in [0.2, 0.25) is 0 Å². The van der Waals surface area contributed by atoms with Gasteiger partial charge in [-0.15, -0.1) is 0 Å². The molecular weight excluding hydrogens is 174 g/mol. The Morgan fingerprint density at radius 1 is 1.43 bits per heavy atom. The summed E-state index contributed by atoms with van der Waals surface area (Å²) in [7, 11) is 0. The van der Waals surface area contributed by atoms with E-state index in [1.165, 1.54) is 25.7 Å². The summed E-state index contributed by atoms with van der Waals surface area (Å²) >= 11 is 0. The Hall–Kier alpha value is -0.0800. The fourth-order valence-electron chi connectivity index (χ4n) is 2.29. The SMILES string of the molecule is CC(C)OCCC1(N)CCCCC1C. The highest BCUT2D eigenvalue weighted by atomic mass is 16.5. The summed E-state index contributed by atoms with van der Waals surface area (Å²) in [4.78, 5) is 0. The van der Waals surface area contributed by atoms with Crippen LogP contribution in [0.5, 0.6) is 0 Å². The summed E-state index contributed by atoms with van der Waals surface area (Å²) in [6.07, 6.45) is 6.46. The van der Waals surface area contributed by atoms with Crippen LogP contribution in [0, 0.1) is 5.92 Å². The van der Waals surface area contributed by atoms with Gasteiger partial charge < -0.3 is 10.5 Å². The molecule has 84 valence electrons. The third-order valence-corrected chi connectivity index (χ3v) is 3.53. The number of hydrogen-bond donors (Lipinski definition) is 1. The Kier molecular flexibility index (Phi) is 4.39. The smallest absolute Gasteiger partial charge is 0.0518 e. The van der Waals surface area contributed by atoms with Crippen LogP contribution in [0.1, 0.15) is 52.9 Å². The average molecular weight is 199 g/mol. The first-order chi connectivity index (χ1) is 6.54. The lowest BCUT2D eigenvalue weighted by Gasteiger charge is -2.39. The normalized spacial score (nSPS) is 33.6. The first-order valence-electron chi connectivity index (χ1n) is 5.95. The van der Waals surface area contributed by atoms with Crippen molar-refractivity contribution in [2.75, 3.05) is 6.61 Å². The van der Waals surface area contributed by atoms with Gasteiger partial charge in [0.05, 0.1) is 6.10 Å². The van der Waals surface area contributed by atoms with E-state index in [0.717, 1.165) is 13.0 Å². The second-order valence-corrected chi connectivity index (χ2v) is 5.05. The quantitative estimate of drug-likeness (QED) is 0.755. The maximum Gasteiger partial charge on any atom is 0.0518 e. The minimum atomic E-state index is 0.0488. The van der Waals surface area contributed by atoms with E-state index in [2.05, 4.69) is 20.8 Å². The molecule has 1 aliphatic rings. The Morgan fingerprint density at radius 3 is 2.71 bits per heavy atom. The lowest BCUT2D eigenvalue weighted by molar-refractivity contribution is 0.0498. The van der Waals surface area contributed by atoms with Crippen molar-refractivity contribution < 1.29 is 4.74 Å². The van der Waals surface area contributed by atoms with Gasteiger partial charge in [0, 0.05) is 12.1 Å². The lowest BCUT2D eigenvalue weighted by Crippen LogP contribution is -2.49.